The highest BCUT2D eigenvalue weighted by atomic mass is 16.5. The molecule has 1 amide bonds. The van der Waals surface area contributed by atoms with Crippen LogP contribution in [0.25, 0.3) is 0 Å². The Kier molecular flexibility index (Phi) is 4.93. The van der Waals surface area contributed by atoms with E-state index in [0.29, 0.717) is 13.2 Å². The molecule has 2 N–H and O–H groups in total. The largest absolute Gasteiger partial charge is 0.379 e. The summed E-state index contributed by atoms with van der Waals surface area (Å²) in [6, 6.07) is 7.97. The summed E-state index contributed by atoms with van der Waals surface area (Å²) in [6.45, 7) is 6.18. The lowest BCUT2D eigenvalue weighted by molar-refractivity contribution is -0.120. The average Bonchev–Trinajstić information content (AvgIpc) is 2.87. The van der Waals surface area contributed by atoms with E-state index < -0.39 is 0 Å². The number of anilines is 1. The fourth-order valence-corrected chi connectivity index (χ4v) is 2.22. The standard InChI is InChI=1S/C15H22N2O2/c1-3-8-16-14-10-19-9-13(14)15(18)17-12-6-4-11(2)5-7-12/h4-7,13-14,16H,3,8-10H2,1-2H3,(H,17,18). The molecule has 0 saturated carbocycles. The topological polar surface area (TPSA) is 50.4 Å². The molecule has 1 aromatic carbocycles. The van der Waals surface area contributed by atoms with Gasteiger partial charge in [0, 0.05) is 11.7 Å². The van der Waals surface area contributed by atoms with Gasteiger partial charge in [0.05, 0.1) is 19.1 Å². The first-order valence-electron chi connectivity index (χ1n) is 6.89. The quantitative estimate of drug-likeness (QED) is 0.852. The molecule has 0 bridgehead atoms. The van der Waals surface area contributed by atoms with Crippen LogP contribution >= 0.6 is 0 Å². The van der Waals surface area contributed by atoms with Gasteiger partial charge in [0.2, 0.25) is 5.91 Å². The number of aryl methyl sites for hydroxylation is 1. The summed E-state index contributed by atoms with van der Waals surface area (Å²) in [7, 11) is 0. The Morgan fingerprint density at radius 1 is 1.32 bits per heavy atom. The first-order valence-corrected chi connectivity index (χ1v) is 6.89. The lowest BCUT2D eigenvalue weighted by atomic mass is 10.0. The minimum absolute atomic E-state index is 0.0370. The van der Waals surface area contributed by atoms with Crippen molar-refractivity contribution in [3.63, 3.8) is 0 Å². The van der Waals surface area contributed by atoms with Gasteiger partial charge in [0.15, 0.2) is 0 Å². The van der Waals surface area contributed by atoms with E-state index in [2.05, 4.69) is 17.6 Å². The minimum Gasteiger partial charge on any atom is -0.379 e. The highest BCUT2D eigenvalue weighted by Crippen LogP contribution is 2.17. The van der Waals surface area contributed by atoms with Crippen LogP contribution in [-0.4, -0.2) is 31.7 Å². The minimum atomic E-state index is -0.104. The van der Waals surface area contributed by atoms with Gasteiger partial charge in [-0.05, 0) is 32.0 Å². The van der Waals surface area contributed by atoms with Gasteiger partial charge >= 0.3 is 0 Å². The third-order valence-electron chi connectivity index (χ3n) is 3.39. The van der Waals surface area contributed by atoms with Crippen LogP contribution in [0.2, 0.25) is 0 Å². The lowest BCUT2D eigenvalue weighted by Gasteiger charge is -2.18. The van der Waals surface area contributed by atoms with Crippen molar-refractivity contribution in [2.24, 2.45) is 5.92 Å². The van der Waals surface area contributed by atoms with Crippen LogP contribution in [0, 0.1) is 12.8 Å². The fourth-order valence-electron chi connectivity index (χ4n) is 2.22. The van der Waals surface area contributed by atoms with Crippen molar-refractivity contribution in [3.8, 4) is 0 Å². The third-order valence-corrected chi connectivity index (χ3v) is 3.39. The van der Waals surface area contributed by atoms with Crippen molar-refractivity contribution in [3.05, 3.63) is 29.8 Å². The van der Waals surface area contributed by atoms with Crippen molar-refractivity contribution in [1.29, 1.82) is 0 Å². The van der Waals surface area contributed by atoms with Gasteiger partial charge < -0.3 is 15.4 Å². The van der Waals surface area contributed by atoms with Crippen LogP contribution in [0.3, 0.4) is 0 Å². The average molecular weight is 262 g/mol. The Morgan fingerprint density at radius 3 is 2.74 bits per heavy atom. The summed E-state index contributed by atoms with van der Waals surface area (Å²) in [6.07, 6.45) is 1.06. The van der Waals surface area contributed by atoms with E-state index in [1.807, 2.05) is 31.2 Å². The summed E-state index contributed by atoms with van der Waals surface area (Å²) in [5, 5.41) is 6.33. The maximum Gasteiger partial charge on any atom is 0.231 e. The number of carbonyl (C=O) groups is 1. The Labute approximate surface area is 114 Å². The maximum absolute atomic E-state index is 12.2. The van der Waals surface area contributed by atoms with Gasteiger partial charge in [-0.3, -0.25) is 4.79 Å². The van der Waals surface area contributed by atoms with E-state index in [-0.39, 0.29) is 17.9 Å². The summed E-state index contributed by atoms with van der Waals surface area (Å²) in [4.78, 5) is 12.2. The molecular weight excluding hydrogens is 240 g/mol. The third kappa shape index (κ3) is 3.78. The predicted molar refractivity (Wildman–Crippen MR) is 76.2 cm³/mol. The molecule has 2 unspecified atom stereocenters. The number of rotatable bonds is 5. The number of hydrogen-bond acceptors (Lipinski definition) is 3. The maximum atomic E-state index is 12.2. The van der Waals surface area contributed by atoms with E-state index in [1.165, 1.54) is 5.56 Å². The van der Waals surface area contributed by atoms with Crippen molar-refractivity contribution in [2.45, 2.75) is 26.3 Å². The Hall–Kier alpha value is -1.39. The van der Waals surface area contributed by atoms with Crippen molar-refractivity contribution < 1.29 is 9.53 Å². The van der Waals surface area contributed by atoms with Gasteiger partial charge in [-0.25, -0.2) is 0 Å². The smallest absolute Gasteiger partial charge is 0.231 e. The van der Waals surface area contributed by atoms with Crippen LogP contribution in [0.15, 0.2) is 24.3 Å². The van der Waals surface area contributed by atoms with Gasteiger partial charge in [-0.1, -0.05) is 24.6 Å². The number of benzene rings is 1. The molecule has 0 radical (unpaired) electrons. The van der Waals surface area contributed by atoms with E-state index in [0.717, 1.165) is 18.7 Å². The Balaban J connectivity index is 1.93. The molecule has 1 aliphatic rings. The van der Waals surface area contributed by atoms with E-state index in [4.69, 9.17) is 4.74 Å². The van der Waals surface area contributed by atoms with Gasteiger partial charge in [0.25, 0.3) is 0 Å². The van der Waals surface area contributed by atoms with Crippen molar-refractivity contribution in [2.75, 3.05) is 25.1 Å². The SMILES string of the molecule is CCCNC1COCC1C(=O)Nc1ccc(C)cc1. The molecule has 0 spiro atoms. The second-order valence-corrected chi connectivity index (χ2v) is 5.06. The zero-order chi connectivity index (χ0) is 13.7. The molecule has 19 heavy (non-hydrogen) atoms. The first kappa shape index (κ1) is 14.0. The molecule has 2 atom stereocenters. The van der Waals surface area contributed by atoms with Crippen LogP contribution in [0.4, 0.5) is 5.69 Å². The second-order valence-electron chi connectivity index (χ2n) is 5.06. The fraction of sp³-hybridized carbons (Fsp3) is 0.533. The van der Waals surface area contributed by atoms with Crippen LogP contribution in [0.5, 0.6) is 0 Å². The van der Waals surface area contributed by atoms with Crippen molar-refractivity contribution in [1.82, 2.24) is 5.32 Å². The van der Waals surface area contributed by atoms with E-state index in [9.17, 15) is 4.79 Å². The molecule has 1 fully saturated rings. The molecular formula is C15H22N2O2. The van der Waals surface area contributed by atoms with Gasteiger partial charge in [-0.15, -0.1) is 0 Å². The summed E-state index contributed by atoms with van der Waals surface area (Å²) in [5.41, 5.74) is 2.03. The Bertz CT molecular complexity index is 417. The summed E-state index contributed by atoms with van der Waals surface area (Å²) >= 11 is 0. The normalized spacial score (nSPS) is 22.4. The number of hydrogen-bond donors (Lipinski definition) is 2. The molecule has 104 valence electrons. The molecule has 1 aromatic rings. The summed E-state index contributed by atoms with van der Waals surface area (Å²) in [5.74, 6) is -0.0668. The molecule has 2 rings (SSSR count). The number of amides is 1. The molecule has 0 aliphatic carbocycles. The molecule has 1 aliphatic heterocycles. The van der Waals surface area contributed by atoms with E-state index >= 15 is 0 Å². The highest BCUT2D eigenvalue weighted by Gasteiger charge is 2.33. The van der Waals surface area contributed by atoms with Crippen LogP contribution in [-0.2, 0) is 9.53 Å². The first-order chi connectivity index (χ1) is 9.20. The zero-order valence-electron chi connectivity index (χ0n) is 11.6. The molecule has 0 aromatic heterocycles. The predicted octanol–water partition coefficient (Wildman–Crippen LogP) is 1.95. The van der Waals surface area contributed by atoms with Gasteiger partial charge in [-0.2, -0.15) is 0 Å². The summed E-state index contributed by atoms with van der Waals surface area (Å²) < 4.78 is 5.42. The zero-order valence-corrected chi connectivity index (χ0v) is 11.6. The lowest BCUT2D eigenvalue weighted by Crippen LogP contribution is -2.41. The van der Waals surface area contributed by atoms with Crippen LogP contribution < -0.4 is 10.6 Å². The molecule has 4 heteroatoms. The van der Waals surface area contributed by atoms with E-state index in [1.54, 1.807) is 0 Å². The van der Waals surface area contributed by atoms with Gasteiger partial charge in [0.1, 0.15) is 0 Å². The molecule has 1 heterocycles. The number of nitrogens with one attached hydrogen (secondary N) is 2. The number of ether oxygens (including phenoxy) is 1. The van der Waals surface area contributed by atoms with Crippen molar-refractivity contribution >= 4 is 11.6 Å². The molecule has 1 saturated heterocycles. The highest BCUT2D eigenvalue weighted by molar-refractivity contribution is 5.93. The van der Waals surface area contributed by atoms with Crippen LogP contribution in [0.1, 0.15) is 18.9 Å². The monoisotopic (exact) mass is 262 g/mol. The Morgan fingerprint density at radius 2 is 2.05 bits per heavy atom. The number of carbonyl (C=O) groups excluding carboxylic acids is 1. The second kappa shape index (κ2) is 6.68. The molecule has 4 nitrogen and oxygen atoms in total.